The summed E-state index contributed by atoms with van der Waals surface area (Å²) in [6.07, 6.45) is 0.593. The zero-order chi connectivity index (χ0) is 37.5. The Morgan fingerprint density at radius 1 is 0.900 bits per heavy atom. The fourth-order valence-electron chi connectivity index (χ4n) is 9.59. The van der Waals surface area contributed by atoms with Crippen LogP contribution >= 0.6 is 0 Å². The topological polar surface area (TPSA) is 77.8 Å². The third kappa shape index (κ3) is 6.83. The highest BCUT2D eigenvalue weighted by Crippen LogP contribution is 2.66. The van der Waals surface area contributed by atoms with Crippen LogP contribution in [0.1, 0.15) is 126 Å². The van der Waals surface area contributed by atoms with Crippen molar-refractivity contribution in [2.24, 2.45) is 28.6 Å². The number of carboxylic acid groups (broad SMARTS) is 1. The van der Waals surface area contributed by atoms with Gasteiger partial charge in [0.25, 0.3) is 0 Å². The molecule has 2 fully saturated rings. The second kappa shape index (κ2) is 14.4. The Hall–Kier alpha value is -2.62. The molecule has 0 radical (unpaired) electrons. The highest BCUT2D eigenvalue weighted by molar-refractivity contribution is 5.75. The van der Waals surface area contributed by atoms with Gasteiger partial charge in [-0.3, -0.25) is 4.79 Å². The average Bonchev–Trinajstić information content (AvgIpc) is 3.33. The van der Waals surface area contributed by atoms with Crippen LogP contribution in [0.25, 0.3) is 0 Å². The highest BCUT2D eigenvalue weighted by atomic mass is 19.4. The van der Waals surface area contributed by atoms with Gasteiger partial charge in [-0.1, -0.05) is 58.3 Å². The summed E-state index contributed by atoms with van der Waals surface area (Å²) in [7, 11) is 0. The minimum Gasteiger partial charge on any atom is -0.507 e. The normalized spacial score (nSPS) is 28.3. The SMILES string of the molecule is C#Cc1cc2c(cc1O)C[C@H](C(CCCCCCCC)(CCCC(F)(F)C(F)(F)C(F)(F)C(F)(F)F)C(=O)O)C1C2CC[C@@]2(C)C1CC[C@@H]2O. The number of rotatable bonds is 15. The molecule has 0 aromatic heterocycles. The first-order valence-electron chi connectivity index (χ1n) is 17.6. The van der Waals surface area contributed by atoms with Crippen LogP contribution in [0.2, 0.25) is 0 Å². The number of carboxylic acids is 1. The van der Waals surface area contributed by atoms with Crippen LogP contribution in [-0.4, -0.2) is 51.3 Å². The highest BCUT2D eigenvalue weighted by Gasteiger charge is 2.81. The molecule has 3 aliphatic carbocycles. The second-order valence-corrected chi connectivity index (χ2v) is 15.1. The van der Waals surface area contributed by atoms with Crippen LogP contribution in [-0.2, 0) is 11.2 Å². The maximum absolute atomic E-state index is 14.8. The van der Waals surface area contributed by atoms with Gasteiger partial charge in [0.05, 0.1) is 17.1 Å². The Balaban J connectivity index is 1.79. The number of terminal acetylenes is 1. The molecule has 282 valence electrons. The quantitative estimate of drug-likeness (QED) is 0.0956. The summed E-state index contributed by atoms with van der Waals surface area (Å²) in [5.74, 6) is -20.6. The molecule has 2 saturated carbocycles. The van der Waals surface area contributed by atoms with Gasteiger partial charge < -0.3 is 15.3 Å². The van der Waals surface area contributed by atoms with Crippen molar-refractivity contribution in [2.75, 3.05) is 0 Å². The maximum Gasteiger partial charge on any atom is 0.460 e. The third-order valence-corrected chi connectivity index (χ3v) is 12.4. The number of aliphatic carboxylic acids is 1. The van der Waals surface area contributed by atoms with Crippen LogP contribution < -0.4 is 0 Å². The van der Waals surface area contributed by atoms with Crippen LogP contribution in [0.4, 0.5) is 39.5 Å². The van der Waals surface area contributed by atoms with Crippen molar-refractivity contribution in [2.45, 2.75) is 146 Å². The van der Waals surface area contributed by atoms with Crippen LogP contribution in [0, 0.1) is 40.9 Å². The number of aliphatic hydroxyl groups is 1. The molecule has 0 aliphatic heterocycles. The van der Waals surface area contributed by atoms with E-state index in [4.69, 9.17) is 6.42 Å². The number of halogens is 9. The second-order valence-electron chi connectivity index (χ2n) is 15.1. The van der Waals surface area contributed by atoms with Crippen molar-refractivity contribution < 1.29 is 59.6 Å². The van der Waals surface area contributed by atoms with Gasteiger partial charge in [0.1, 0.15) is 5.75 Å². The van der Waals surface area contributed by atoms with Crippen LogP contribution in [0.5, 0.6) is 5.75 Å². The van der Waals surface area contributed by atoms with E-state index in [-0.39, 0.29) is 36.0 Å². The molecule has 0 saturated heterocycles. The number of hydrogen-bond acceptors (Lipinski definition) is 3. The monoisotopic (exact) mass is 726 g/mol. The standard InChI is InChI=1S/C37H47F9O4/c1-4-6-7-8-9-10-15-33(31(49)50,16-11-17-34(38,39)35(40,41)36(42,43)37(44,45)46)27-20-23-21-28(47)22(5-2)19-25(23)24-14-18-32(3)26(30(24)27)12-13-29(32)48/h2,19,21,24,26-27,29-30,47-48H,4,6-18,20H2,1,3H3,(H,49,50)/t24?,26?,27-,29-,30?,32-,33?/m0/s1. The van der Waals surface area contributed by atoms with E-state index in [0.29, 0.717) is 44.1 Å². The predicted molar refractivity (Wildman–Crippen MR) is 168 cm³/mol. The van der Waals surface area contributed by atoms with Crippen molar-refractivity contribution in [1.29, 1.82) is 0 Å². The average molecular weight is 727 g/mol. The molecule has 13 heteroatoms. The summed E-state index contributed by atoms with van der Waals surface area (Å²) >= 11 is 0. The number of phenolic OH excluding ortho intramolecular Hbond substituents is 1. The zero-order valence-corrected chi connectivity index (χ0v) is 28.4. The van der Waals surface area contributed by atoms with E-state index in [1.165, 1.54) is 6.07 Å². The molecule has 3 aliphatic rings. The van der Waals surface area contributed by atoms with Crippen molar-refractivity contribution in [3.05, 3.63) is 28.8 Å². The molecule has 4 nitrogen and oxygen atoms in total. The number of benzene rings is 1. The summed E-state index contributed by atoms with van der Waals surface area (Å²) in [6.45, 7) is 3.94. The number of carbonyl (C=O) groups is 1. The summed E-state index contributed by atoms with van der Waals surface area (Å²) in [4.78, 5) is 13.6. The van der Waals surface area contributed by atoms with E-state index in [9.17, 15) is 59.6 Å². The molecule has 0 amide bonds. The summed E-state index contributed by atoms with van der Waals surface area (Å²) in [5, 5.41) is 32.8. The van der Waals surface area contributed by atoms with Gasteiger partial charge in [-0.25, -0.2) is 0 Å². The van der Waals surface area contributed by atoms with Crippen LogP contribution in [0.3, 0.4) is 0 Å². The smallest absolute Gasteiger partial charge is 0.460 e. The molecule has 4 rings (SSSR count). The maximum atomic E-state index is 14.8. The molecule has 50 heavy (non-hydrogen) atoms. The van der Waals surface area contributed by atoms with E-state index in [1.807, 2.05) is 13.8 Å². The fraction of sp³-hybridized carbons (Fsp3) is 0.757. The molecule has 4 unspecified atom stereocenters. The number of hydrogen-bond donors (Lipinski definition) is 3. The predicted octanol–water partition coefficient (Wildman–Crippen LogP) is 10.3. The van der Waals surface area contributed by atoms with Crippen molar-refractivity contribution >= 4 is 5.97 Å². The van der Waals surface area contributed by atoms with Gasteiger partial charge in [-0.2, -0.15) is 39.5 Å². The zero-order valence-electron chi connectivity index (χ0n) is 28.4. The molecule has 1 aromatic carbocycles. The number of fused-ring (bicyclic) bond motifs is 5. The molecule has 0 spiro atoms. The molecule has 0 bridgehead atoms. The van der Waals surface area contributed by atoms with Gasteiger partial charge in [0.15, 0.2) is 0 Å². The molecule has 1 aromatic rings. The minimum absolute atomic E-state index is 0.0401. The van der Waals surface area contributed by atoms with Gasteiger partial charge in [-0.15, -0.1) is 6.42 Å². The lowest BCUT2D eigenvalue weighted by Crippen LogP contribution is -2.60. The van der Waals surface area contributed by atoms with Gasteiger partial charge >= 0.3 is 29.9 Å². The van der Waals surface area contributed by atoms with Crippen molar-refractivity contribution in [1.82, 2.24) is 0 Å². The Labute approximate surface area is 287 Å². The lowest BCUT2D eigenvalue weighted by molar-refractivity contribution is -0.396. The van der Waals surface area contributed by atoms with Gasteiger partial charge in [-0.05, 0) is 104 Å². The largest absolute Gasteiger partial charge is 0.507 e. The first kappa shape index (κ1) is 40.2. The molecule has 0 heterocycles. The molecule has 3 N–H and O–H groups in total. The third-order valence-electron chi connectivity index (χ3n) is 12.4. The number of unbranched alkanes of at least 4 members (excludes halogenated alkanes) is 5. The van der Waals surface area contributed by atoms with E-state index >= 15 is 0 Å². The fourth-order valence-corrected chi connectivity index (χ4v) is 9.59. The minimum atomic E-state index is -7.03. The Kier molecular flexibility index (Phi) is 11.6. The number of alkyl halides is 9. The summed E-state index contributed by atoms with van der Waals surface area (Å²) < 4.78 is 124. The number of phenols is 1. The molecule has 7 atom stereocenters. The van der Waals surface area contributed by atoms with Gasteiger partial charge in [0, 0.05) is 6.42 Å². The Morgan fingerprint density at radius 3 is 2.12 bits per heavy atom. The first-order chi connectivity index (χ1) is 23.1. The van der Waals surface area contributed by atoms with Crippen LogP contribution in [0.15, 0.2) is 12.1 Å². The lowest BCUT2D eigenvalue weighted by Gasteiger charge is -2.56. The van der Waals surface area contributed by atoms with Crippen molar-refractivity contribution in [3.8, 4) is 18.1 Å². The van der Waals surface area contributed by atoms with E-state index in [2.05, 4.69) is 5.92 Å². The van der Waals surface area contributed by atoms with Gasteiger partial charge in [0.2, 0.25) is 0 Å². The first-order valence-corrected chi connectivity index (χ1v) is 17.6. The number of aromatic hydroxyl groups is 1. The Bertz CT molecular complexity index is 1420. The van der Waals surface area contributed by atoms with Crippen molar-refractivity contribution in [3.63, 3.8) is 0 Å². The summed E-state index contributed by atoms with van der Waals surface area (Å²) in [6, 6.07) is 3.14. The van der Waals surface area contributed by atoms with E-state index in [1.54, 1.807) is 6.07 Å². The lowest BCUT2D eigenvalue weighted by atomic mass is 9.47. The number of aliphatic hydroxyl groups excluding tert-OH is 1. The van der Waals surface area contributed by atoms with E-state index in [0.717, 1.165) is 31.2 Å². The molecular formula is C37H47F9O4. The summed E-state index contributed by atoms with van der Waals surface area (Å²) in [5.41, 5.74) is -0.845. The Morgan fingerprint density at radius 2 is 1.52 bits per heavy atom. The molecular weight excluding hydrogens is 679 g/mol. The van der Waals surface area contributed by atoms with E-state index < -0.39 is 77.9 Å².